The molecule has 1 saturated carbocycles. The summed E-state index contributed by atoms with van der Waals surface area (Å²) in [6.45, 7) is 9.07. The summed E-state index contributed by atoms with van der Waals surface area (Å²) < 4.78 is 5.50. The van der Waals surface area contributed by atoms with E-state index in [1.807, 2.05) is 12.1 Å². The van der Waals surface area contributed by atoms with Crippen LogP contribution in [0.25, 0.3) is 0 Å². The van der Waals surface area contributed by atoms with Gasteiger partial charge >= 0.3 is 0 Å². The third-order valence-electron chi connectivity index (χ3n) is 5.00. The highest BCUT2D eigenvalue weighted by molar-refractivity contribution is 5.81. The van der Waals surface area contributed by atoms with Crippen molar-refractivity contribution in [3.8, 4) is 5.75 Å². The largest absolute Gasteiger partial charge is 0.490 e. The molecule has 1 heterocycles. The second kappa shape index (κ2) is 7.84. The maximum Gasteiger partial charge on any atom is 0.225 e. The van der Waals surface area contributed by atoms with Gasteiger partial charge in [0, 0.05) is 31.6 Å². The quantitative estimate of drug-likeness (QED) is 0.783. The van der Waals surface area contributed by atoms with Crippen molar-refractivity contribution in [2.75, 3.05) is 19.7 Å². The fourth-order valence-electron chi connectivity index (χ4n) is 3.35. The fraction of sp³-hybridized carbons (Fsp3) is 0.550. The maximum absolute atomic E-state index is 12.2. The lowest BCUT2D eigenvalue weighted by Crippen LogP contribution is -2.50. The molecule has 2 fully saturated rings. The second-order valence-corrected chi connectivity index (χ2v) is 7.06. The second-order valence-electron chi connectivity index (χ2n) is 7.06. The van der Waals surface area contributed by atoms with Gasteiger partial charge in [0.1, 0.15) is 12.4 Å². The first-order valence-electron chi connectivity index (χ1n) is 9.02. The molecule has 1 aromatic carbocycles. The van der Waals surface area contributed by atoms with Crippen molar-refractivity contribution in [2.45, 2.75) is 38.8 Å². The summed E-state index contributed by atoms with van der Waals surface area (Å²) in [6.07, 6.45) is 4.98. The minimum atomic E-state index is 0.337. The van der Waals surface area contributed by atoms with Gasteiger partial charge in [0.15, 0.2) is 0 Å². The lowest BCUT2D eigenvalue weighted by Gasteiger charge is -2.37. The summed E-state index contributed by atoms with van der Waals surface area (Å²) in [4.78, 5) is 14.3. The molecule has 0 aromatic heterocycles. The standard InChI is InChI=1S/C20H28N2O2/c1-3-12-24-18-8-4-16(5-9-18)13-21-19-10-11-22(14-15(19)2)20(23)17-6-7-17/h3-5,8-9,15,17,19,21H,1,6-7,10-14H2,2H3. The smallest absolute Gasteiger partial charge is 0.225 e. The molecule has 2 atom stereocenters. The van der Waals surface area contributed by atoms with E-state index in [0.717, 1.165) is 44.6 Å². The molecule has 4 nitrogen and oxygen atoms in total. The van der Waals surface area contributed by atoms with E-state index in [0.29, 0.717) is 30.4 Å². The van der Waals surface area contributed by atoms with Gasteiger partial charge in [-0.3, -0.25) is 4.79 Å². The van der Waals surface area contributed by atoms with Crippen LogP contribution in [0, 0.1) is 11.8 Å². The van der Waals surface area contributed by atoms with Crippen molar-refractivity contribution in [2.24, 2.45) is 11.8 Å². The zero-order valence-electron chi connectivity index (χ0n) is 14.5. The molecule has 4 heteroatoms. The van der Waals surface area contributed by atoms with Gasteiger partial charge in [-0.05, 0) is 42.9 Å². The summed E-state index contributed by atoms with van der Waals surface area (Å²) in [5.41, 5.74) is 1.25. The van der Waals surface area contributed by atoms with Crippen molar-refractivity contribution >= 4 is 5.91 Å². The number of ether oxygens (including phenoxy) is 1. The minimum absolute atomic E-state index is 0.337. The number of hydrogen-bond acceptors (Lipinski definition) is 3. The molecule has 2 aliphatic rings. The van der Waals surface area contributed by atoms with Crippen LogP contribution in [0.3, 0.4) is 0 Å². The number of amides is 1. The highest BCUT2D eigenvalue weighted by atomic mass is 16.5. The van der Waals surface area contributed by atoms with Gasteiger partial charge in [-0.25, -0.2) is 0 Å². The summed E-state index contributed by atoms with van der Waals surface area (Å²) in [5, 5.41) is 3.66. The molecule has 24 heavy (non-hydrogen) atoms. The SMILES string of the molecule is C=CCOc1ccc(CNC2CCN(C(=O)C3CC3)CC2C)cc1. The van der Waals surface area contributed by atoms with E-state index in [1.165, 1.54) is 5.56 Å². The first kappa shape index (κ1) is 17.0. The van der Waals surface area contributed by atoms with Gasteiger partial charge in [0.25, 0.3) is 0 Å². The Morgan fingerprint density at radius 3 is 2.71 bits per heavy atom. The number of nitrogens with one attached hydrogen (secondary N) is 1. The first-order chi connectivity index (χ1) is 11.7. The van der Waals surface area contributed by atoms with Crippen LogP contribution in [0.2, 0.25) is 0 Å². The normalized spacial score (nSPS) is 23.8. The van der Waals surface area contributed by atoms with E-state index in [9.17, 15) is 4.79 Å². The van der Waals surface area contributed by atoms with Gasteiger partial charge in [-0.1, -0.05) is 31.7 Å². The first-order valence-corrected chi connectivity index (χ1v) is 9.02. The molecule has 2 unspecified atom stereocenters. The molecular formula is C20H28N2O2. The predicted molar refractivity (Wildman–Crippen MR) is 95.8 cm³/mol. The molecule has 0 spiro atoms. The van der Waals surface area contributed by atoms with Crippen molar-refractivity contribution in [3.05, 3.63) is 42.5 Å². The van der Waals surface area contributed by atoms with E-state index in [-0.39, 0.29) is 0 Å². The Bertz CT molecular complexity index is 566. The van der Waals surface area contributed by atoms with E-state index < -0.39 is 0 Å². The van der Waals surface area contributed by atoms with Gasteiger partial charge in [0.2, 0.25) is 5.91 Å². The van der Waals surface area contributed by atoms with Crippen LogP contribution < -0.4 is 10.1 Å². The Balaban J connectivity index is 1.44. The van der Waals surface area contributed by atoms with Gasteiger partial charge in [-0.15, -0.1) is 0 Å². The van der Waals surface area contributed by atoms with Crippen LogP contribution in [0.5, 0.6) is 5.75 Å². The topological polar surface area (TPSA) is 41.6 Å². The Morgan fingerprint density at radius 1 is 1.33 bits per heavy atom. The molecule has 1 aliphatic carbocycles. The number of hydrogen-bond donors (Lipinski definition) is 1. The number of carbonyl (C=O) groups excluding carboxylic acids is 1. The van der Waals surface area contributed by atoms with Gasteiger partial charge in [-0.2, -0.15) is 0 Å². The van der Waals surface area contributed by atoms with E-state index in [1.54, 1.807) is 6.08 Å². The fourth-order valence-corrected chi connectivity index (χ4v) is 3.35. The summed E-state index contributed by atoms with van der Waals surface area (Å²) in [6, 6.07) is 8.68. The lowest BCUT2D eigenvalue weighted by molar-refractivity contribution is -0.134. The third-order valence-corrected chi connectivity index (χ3v) is 5.00. The Labute approximate surface area is 144 Å². The number of benzene rings is 1. The van der Waals surface area contributed by atoms with Crippen LogP contribution >= 0.6 is 0 Å². The maximum atomic E-state index is 12.2. The molecule has 0 bridgehead atoms. The summed E-state index contributed by atoms with van der Waals surface area (Å²) >= 11 is 0. The number of likely N-dealkylation sites (tertiary alicyclic amines) is 1. The number of rotatable bonds is 7. The molecule has 1 aromatic rings. The van der Waals surface area contributed by atoms with Crippen LogP contribution in [0.4, 0.5) is 0 Å². The van der Waals surface area contributed by atoms with Gasteiger partial charge < -0.3 is 15.0 Å². The predicted octanol–water partition coefficient (Wildman–Crippen LogP) is 2.99. The van der Waals surface area contributed by atoms with Crippen molar-refractivity contribution in [3.63, 3.8) is 0 Å². The molecule has 1 N–H and O–H groups in total. The van der Waals surface area contributed by atoms with Crippen LogP contribution in [0.1, 0.15) is 31.7 Å². The third kappa shape index (κ3) is 4.38. The Hall–Kier alpha value is -1.81. The number of carbonyl (C=O) groups is 1. The minimum Gasteiger partial charge on any atom is -0.490 e. The molecule has 1 aliphatic heterocycles. The molecule has 0 radical (unpaired) electrons. The Kier molecular flexibility index (Phi) is 5.56. The lowest BCUT2D eigenvalue weighted by atomic mass is 9.93. The molecule has 3 rings (SSSR count). The van der Waals surface area contributed by atoms with Crippen molar-refractivity contribution < 1.29 is 9.53 Å². The highest BCUT2D eigenvalue weighted by Crippen LogP contribution is 2.32. The zero-order chi connectivity index (χ0) is 16.9. The number of nitrogens with zero attached hydrogens (tertiary/aromatic N) is 1. The average Bonchev–Trinajstić information content (AvgIpc) is 3.44. The van der Waals surface area contributed by atoms with Crippen LogP contribution in [-0.2, 0) is 11.3 Å². The molecule has 1 saturated heterocycles. The number of piperidine rings is 1. The van der Waals surface area contributed by atoms with Gasteiger partial charge in [0.05, 0.1) is 0 Å². The highest BCUT2D eigenvalue weighted by Gasteiger charge is 2.36. The van der Waals surface area contributed by atoms with Crippen molar-refractivity contribution in [1.82, 2.24) is 10.2 Å². The monoisotopic (exact) mass is 328 g/mol. The average molecular weight is 328 g/mol. The summed E-state index contributed by atoms with van der Waals surface area (Å²) in [7, 11) is 0. The summed E-state index contributed by atoms with van der Waals surface area (Å²) in [5.74, 6) is 2.09. The van der Waals surface area contributed by atoms with Crippen molar-refractivity contribution in [1.29, 1.82) is 0 Å². The van der Waals surface area contributed by atoms with E-state index in [2.05, 4.69) is 35.9 Å². The molecule has 130 valence electrons. The van der Waals surface area contributed by atoms with E-state index in [4.69, 9.17) is 4.74 Å². The van der Waals surface area contributed by atoms with Crippen LogP contribution in [-0.4, -0.2) is 36.5 Å². The van der Waals surface area contributed by atoms with E-state index >= 15 is 0 Å². The molecule has 1 amide bonds. The Morgan fingerprint density at radius 2 is 2.08 bits per heavy atom. The van der Waals surface area contributed by atoms with Crippen LogP contribution in [0.15, 0.2) is 36.9 Å². The molecular weight excluding hydrogens is 300 g/mol. The zero-order valence-corrected chi connectivity index (χ0v) is 14.5.